The molecule has 0 atom stereocenters. The van der Waals surface area contributed by atoms with E-state index in [1.807, 2.05) is 30.3 Å². The molecule has 0 saturated carbocycles. The number of ether oxygens (including phenoxy) is 2. The van der Waals surface area contributed by atoms with Gasteiger partial charge in [-0.05, 0) is 29.8 Å². The van der Waals surface area contributed by atoms with E-state index >= 15 is 0 Å². The Morgan fingerprint density at radius 1 is 0.929 bits per heavy atom. The first-order chi connectivity index (χ1) is 13.6. The molecule has 3 rings (SSSR count). The van der Waals surface area contributed by atoms with Crippen LogP contribution in [0.1, 0.15) is 11.1 Å². The quantitative estimate of drug-likeness (QED) is 0.697. The second kappa shape index (κ2) is 8.34. The number of anilines is 1. The van der Waals surface area contributed by atoms with E-state index in [1.54, 1.807) is 18.2 Å². The van der Waals surface area contributed by atoms with Crippen molar-refractivity contribution in [2.75, 3.05) is 20.0 Å². The maximum absolute atomic E-state index is 9.87. The minimum atomic E-state index is 0.0738. The second-order valence-electron chi connectivity index (χ2n) is 5.64. The van der Waals surface area contributed by atoms with Crippen LogP contribution in [0.3, 0.4) is 0 Å². The minimum absolute atomic E-state index is 0.0738. The van der Waals surface area contributed by atoms with Gasteiger partial charge in [-0.25, -0.2) is 4.98 Å². The molecule has 0 aliphatic carbocycles. The summed E-state index contributed by atoms with van der Waals surface area (Å²) in [7, 11) is 3.06. The smallest absolute Gasteiger partial charge is 0.161 e. The number of nitrogens with two attached hydrogens (primary N) is 1. The minimum Gasteiger partial charge on any atom is -0.493 e. The van der Waals surface area contributed by atoms with Gasteiger partial charge in [0.25, 0.3) is 0 Å². The van der Waals surface area contributed by atoms with Crippen LogP contribution in [0.25, 0.3) is 11.1 Å². The molecule has 0 radical (unpaired) electrons. The maximum atomic E-state index is 9.87. The summed E-state index contributed by atoms with van der Waals surface area (Å²) in [4.78, 5) is 5.22. The number of methoxy groups -OCH3 is 2. The molecule has 2 N–H and O–H groups in total. The number of nitriles is 2. The number of pyridine rings is 1. The molecule has 7 heteroatoms. The van der Waals surface area contributed by atoms with Crippen LogP contribution in [0, 0.1) is 22.7 Å². The van der Waals surface area contributed by atoms with Gasteiger partial charge in [-0.1, -0.05) is 36.0 Å². The lowest BCUT2D eigenvalue weighted by Gasteiger charge is -2.15. The molecule has 6 nitrogen and oxygen atoms in total. The third kappa shape index (κ3) is 3.57. The Balaban J connectivity index is 2.25. The van der Waals surface area contributed by atoms with Crippen LogP contribution in [0.15, 0.2) is 58.5 Å². The number of nitrogen functional groups attached to an aromatic ring is 1. The van der Waals surface area contributed by atoms with Crippen LogP contribution in [0.2, 0.25) is 0 Å². The summed E-state index contributed by atoms with van der Waals surface area (Å²) < 4.78 is 10.6. The third-order valence-electron chi connectivity index (χ3n) is 4.05. The Morgan fingerprint density at radius 3 is 2.21 bits per heavy atom. The van der Waals surface area contributed by atoms with Crippen molar-refractivity contribution in [1.29, 1.82) is 10.5 Å². The van der Waals surface area contributed by atoms with Crippen molar-refractivity contribution >= 4 is 17.6 Å². The number of aromatic nitrogens is 1. The van der Waals surface area contributed by atoms with E-state index in [4.69, 9.17) is 15.2 Å². The first-order valence-corrected chi connectivity index (χ1v) is 9.03. The molecule has 0 unspecified atom stereocenters. The van der Waals surface area contributed by atoms with Crippen LogP contribution >= 0.6 is 11.8 Å². The van der Waals surface area contributed by atoms with Gasteiger partial charge in [0.1, 0.15) is 28.5 Å². The molecular formula is C21H16N4O2S. The summed E-state index contributed by atoms with van der Waals surface area (Å²) in [6.07, 6.45) is 0. The molecule has 0 aliphatic heterocycles. The predicted molar refractivity (Wildman–Crippen MR) is 107 cm³/mol. The molecule has 0 aliphatic rings. The first-order valence-electron chi connectivity index (χ1n) is 8.21. The van der Waals surface area contributed by atoms with Gasteiger partial charge < -0.3 is 15.2 Å². The lowest BCUT2D eigenvalue weighted by molar-refractivity contribution is 0.355. The Labute approximate surface area is 167 Å². The Morgan fingerprint density at radius 2 is 1.61 bits per heavy atom. The van der Waals surface area contributed by atoms with Gasteiger partial charge in [-0.15, -0.1) is 0 Å². The molecule has 0 spiro atoms. The van der Waals surface area contributed by atoms with Crippen molar-refractivity contribution in [2.24, 2.45) is 0 Å². The average molecular weight is 388 g/mol. The summed E-state index contributed by atoms with van der Waals surface area (Å²) in [5, 5.41) is 20.0. The topological polar surface area (TPSA) is 105 Å². The fourth-order valence-electron chi connectivity index (χ4n) is 2.75. The van der Waals surface area contributed by atoms with Crippen LogP contribution in [0.4, 0.5) is 5.82 Å². The molecule has 138 valence electrons. The molecule has 2 aromatic carbocycles. The lowest BCUT2D eigenvalue weighted by atomic mass is 9.96. The van der Waals surface area contributed by atoms with Crippen LogP contribution in [-0.4, -0.2) is 19.2 Å². The maximum Gasteiger partial charge on any atom is 0.161 e. The van der Waals surface area contributed by atoms with Gasteiger partial charge in [-0.2, -0.15) is 10.5 Å². The zero-order valence-electron chi connectivity index (χ0n) is 15.3. The van der Waals surface area contributed by atoms with Crippen molar-refractivity contribution in [3.05, 3.63) is 59.7 Å². The highest BCUT2D eigenvalue weighted by atomic mass is 32.2. The van der Waals surface area contributed by atoms with Gasteiger partial charge in [0, 0.05) is 10.5 Å². The normalized spacial score (nSPS) is 10.0. The van der Waals surface area contributed by atoms with Crippen LogP contribution in [0.5, 0.6) is 11.5 Å². The number of nitrogens with zero attached hydrogens (tertiary/aromatic N) is 3. The second-order valence-corrected chi connectivity index (χ2v) is 6.70. The molecular weight excluding hydrogens is 372 g/mol. The summed E-state index contributed by atoms with van der Waals surface area (Å²) in [5.41, 5.74) is 7.55. The largest absolute Gasteiger partial charge is 0.493 e. The van der Waals surface area contributed by atoms with Gasteiger partial charge in [0.15, 0.2) is 11.5 Å². The van der Waals surface area contributed by atoms with E-state index in [9.17, 15) is 10.5 Å². The average Bonchev–Trinajstić information content (AvgIpc) is 2.73. The standard InChI is InChI=1S/C21H16N4O2S/c1-26-17-9-8-13(10-18(17)27-2)19-15(11-22)20(24)25-21(16(19)12-23)28-14-6-4-3-5-7-14/h3-10H,1-2H3,(H2,24,25). The van der Waals surface area contributed by atoms with E-state index in [1.165, 1.54) is 26.0 Å². The lowest BCUT2D eigenvalue weighted by Crippen LogP contribution is -2.03. The molecule has 3 aromatic rings. The van der Waals surface area contributed by atoms with Crippen molar-refractivity contribution < 1.29 is 9.47 Å². The fraction of sp³-hybridized carbons (Fsp3) is 0.0952. The molecule has 28 heavy (non-hydrogen) atoms. The molecule has 1 heterocycles. The number of hydrogen-bond acceptors (Lipinski definition) is 7. The fourth-order valence-corrected chi connectivity index (χ4v) is 3.66. The van der Waals surface area contributed by atoms with Crippen LogP contribution < -0.4 is 15.2 Å². The Kier molecular flexibility index (Phi) is 5.69. The van der Waals surface area contributed by atoms with Crippen molar-refractivity contribution in [1.82, 2.24) is 4.98 Å². The van der Waals surface area contributed by atoms with Gasteiger partial charge >= 0.3 is 0 Å². The molecule has 0 amide bonds. The van der Waals surface area contributed by atoms with Crippen molar-refractivity contribution in [3.8, 4) is 34.8 Å². The zero-order valence-corrected chi connectivity index (χ0v) is 16.1. The summed E-state index contributed by atoms with van der Waals surface area (Å²) in [5.74, 6) is 1.11. The highest BCUT2D eigenvalue weighted by molar-refractivity contribution is 7.99. The molecule has 0 fully saturated rings. The van der Waals surface area contributed by atoms with Crippen molar-refractivity contribution in [2.45, 2.75) is 9.92 Å². The van der Waals surface area contributed by atoms with E-state index in [0.29, 0.717) is 27.7 Å². The zero-order chi connectivity index (χ0) is 20.1. The SMILES string of the molecule is COc1ccc(-c2c(C#N)c(N)nc(Sc3ccccc3)c2C#N)cc1OC. The number of hydrogen-bond donors (Lipinski definition) is 1. The highest BCUT2D eigenvalue weighted by Crippen LogP contribution is 2.40. The molecule has 0 saturated heterocycles. The van der Waals surface area contributed by atoms with Crippen LogP contribution in [-0.2, 0) is 0 Å². The first kappa shape index (κ1) is 19.1. The Bertz CT molecular complexity index is 1100. The summed E-state index contributed by atoms with van der Waals surface area (Å²) >= 11 is 1.32. The van der Waals surface area contributed by atoms with Gasteiger partial charge in [0.05, 0.1) is 19.8 Å². The van der Waals surface area contributed by atoms with E-state index < -0.39 is 0 Å². The summed E-state index contributed by atoms with van der Waals surface area (Å²) in [6.45, 7) is 0. The number of benzene rings is 2. The van der Waals surface area contributed by atoms with Gasteiger partial charge in [-0.3, -0.25) is 0 Å². The number of rotatable bonds is 5. The predicted octanol–water partition coefficient (Wildman–Crippen LogP) is 4.24. The third-order valence-corrected chi connectivity index (χ3v) is 5.04. The summed E-state index contributed by atoms with van der Waals surface area (Å²) in [6, 6.07) is 19.0. The van der Waals surface area contributed by atoms with E-state index in [2.05, 4.69) is 17.1 Å². The van der Waals surface area contributed by atoms with Crippen molar-refractivity contribution in [3.63, 3.8) is 0 Å². The molecule has 1 aromatic heterocycles. The monoisotopic (exact) mass is 388 g/mol. The van der Waals surface area contributed by atoms with Gasteiger partial charge in [0.2, 0.25) is 0 Å². The molecule has 0 bridgehead atoms. The Hall–Kier alpha value is -3.68. The van der Waals surface area contributed by atoms with E-state index in [0.717, 1.165) is 4.90 Å². The van der Waals surface area contributed by atoms with E-state index in [-0.39, 0.29) is 16.9 Å². The highest BCUT2D eigenvalue weighted by Gasteiger charge is 2.22.